The number of rotatable bonds is 7. The van der Waals surface area contributed by atoms with Crippen LogP contribution in [-0.2, 0) is 17.9 Å². The highest BCUT2D eigenvalue weighted by Crippen LogP contribution is 2.08. The zero-order valence-electron chi connectivity index (χ0n) is 13.3. The van der Waals surface area contributed by atoms with Gasteiger partial charge in [0, 0.05) is 18.9 Å². The van der Waals surface area contributed by atoms with Gasteiger partial charge in [-0.3, -0.25) is 9.48 Å². The molecule has 0 spiro atoms. The summed E-state index contributed by atoms with van der Waals surface area (Å²) in [6, 6.07) is 19.3. The van der Waals surface area contributed by atoms with Crippen molar-refractivity contribution in [1.82, 2.24) is 15.1 Å². The molecule has 3 aromatic rings. The summed E-state index contributed by atoms with van der Waals surface area (Å²) in [5.41, 5.74) is 2.22. The third-order valence-electron chi connectivity index (χ3n) is 3.53. The lowest BCUT2D eigenvalue weighted by Crippen LogP contribution is -2.28. The van der Waals surface area contributed by atoms with Crippen LogP contribution in [0, 0.1) is 0 Å². The van der Waals surface area contributed by atoms with Crippen molar-refractivity contribution < 1.29 is 9.53 Å². The van der Waals surface area contributed by atoms with E-state index in [9.17, 15) is 4.79 Å². The lowest BCUT2D eigenvalue weighted by atomic mass is 10.1. The van der Waals surface area contributed by atoms with Crippen LogP contribution in [0.4, 0.5) is 0 Å². The zero-order valence-corrected chi connectivity index (χ0v) is 13.3. The van der Waals surface area contributed by atoms with Crippen molar-refractivity contribution in [2.24, 2.45) is 0 Å². The van der Waals surface area contributed by atoms with E-state index in [1.807, 2.05) is 71.5 Å². The second-order valence-corrected chi connectivity index (χ2v) is 5.40. The summed E-state index contributed by atoms with van der Waals surface area (Å²) in [5.74, 6) is 0.551. The molecule has 1 amide bonds. The van der Waals surface area contributed by atoms with E-state index in [4.69, 9.17) is 4.74 Å². The van der Waals surface area contributed by atoms with Crippen LogP contribution < -0.4 is 10.1 Å². The summed E-state index contributed by atoms with van der Waals surface area (Å²) in [7, 11) is 0. The molecular formula is C19H19N3O2. The molecule has 24 heavy (non-hydrogen) atoms. The van der Waals surface area contributed by atoms with Gasteiger partial charge in [-0.2, -0.15) is 5.10 Å². The van der Waals surface area contributed by atoms with Gasteiger partial charge >= 0.3 is 0 Å². The summed E-state index contributed by atoms with van der Waals surface area (Å²) >= 11 is 0. The highest BCUT2D eigenvalue weighted by molar-refractivity contribution is 5.77. The molecule has 3 rings (SSSR count). The fourth-order valence-electron chi connectivity index (χ4n) is 2.26. The maximum atomic E-state index is 11.8. The SMILES string of the molecule is O=C(COc1ccccc1)NCc1ccc(Cn2cccn2)cc1. The molecule has 0 saturated heterocycles. The molecule has 5 nitrogen and oxygen atoms in total. The molecule has 1 heterocycles. The highest BCUT2D eigenvalue weighted by Gasteiger charge is 2.03. The van der Waals surface area contributed by atoms with Gasteiger partial charge in [-0.15, -0.1) is 0 Å². The fourth-order valence-corrected chi connectivity index (χ4v) is 2.26. The lowest BCUT2D eigenvalue weighted by molar-refractivity contribution is -0.123. The van der Waals surface area contributed by atoms with E-state index in [1.54, 1.807) is 6.20 Å². The molecule has 0 aliphatic rings. The van der Waals surface area contributed by atoms with E-state index >= 15 is 0 Å². The molecule has 0 aliphatic carbocycles. The van der Waals surface area contributed by atoms with Crippen molar-refractivity contribution in [3.8, 4) is 5.75 Å². The van der Waals surface area contributed by atoms with Crippen molar-refractivity contribution in [3.05, 3.63) is 84.2 Å². The number of para-hydroxylation sites is 1. The van der Waals surface area contributed by atoms with Crippen LogP contribution in [0.3, 0.4) is 0 Å². The van der Waals surface area contributed by atoms with Crippen LogP contribution in [0.5, 0.6) is 5.75 Å². The summed E-state index contributed by atoms with van der Waals surface area (Å²) in [6.45, 7) is 1.24. The number of nitrogens with one attached hydrogen (secondary N) is 1. The first-order valence-electron chi connectivity index (χ1n) is 7.79. The standard InChI is InChI=1S/C19H19N3O2/c23-19(15-24-18-5-2-1-3-6-18)20-13-16-7-9-17(10-8-16)14-22-12-4-11-21-22/h1-12H,13-15H2,(H,20,23). The summed E-state index contributed by atoms with van der Waals surface area (Å²) in [6.07, 6.45) is 3.70. The largest absolute Gasteiger partial charge is 0.484 e. The van der Waals surface area contributed by atoms with Crippen molar-refractivity contribution in [2.45, 2.75) is 13.1 Å². The third-order valence-corrected chi connectivity index (χ3v) is 3.53. The number of amides is 1. The number of carbonyl (C=O) groups is 1. The average molecular weight is 321 g/mol. The van der Waals surface area contributed by atoms with E-state index in [0.29, 0.717) is 12.3 Å². The molecule has 122 valence electrons. The number of benzene rings is 2. The first-order chi connectivity index (χ1) is 11.8. The predicted octanol–water partition coefficient (Wildman–Crippen LogP) is 2.63. The Morgan fingerprint density at radius 1 is 1.00 bits per heavy atom. The summed E-state index contributed by atoms with van der Waals surface area (Å²) in [5, 5.41) is 7.04. The molecule has 0 unspecified atom stereocenters. The van der Waals surface area contributed by atoms with E-state index < -0.39 is 0 Å². The molecule has 1 N–H and O–H groups in total. The first kappa shape index (κ1) is 15.8. The number of carbonyl (C=O) groups excluding carboxylic acids is 1. The Labute approximate surface area is 140 Å². The predicted molar refractivity (Wildman–Crippen MR) is 91.6 cm³/mol. The van der Waals surface area contributed by atoms with Gasteiger partial charge in [0.1, 0.15) is 5.75 Å². The van der Waals surface area contributed by atoms with Crippen LogP contribution >= 0.6 is 0 Å². The highest BCUT2D eigenvalue weighted by atomic mass is 16.5. The quantitative estimate of drug-likeness (QED) is 0.728. The van der Waals surface area contributed by atoms with E-state index in [1.165, 1.54) is 5.56 Å². The molecule has 1 aromatic heterocycles. The molecule has 2 aromatic carbocycles. The van der Waals surface area contributed by atoms with Gasteiger partial charge in [0.05, 0.1) is 6.54 Å². The maximum Gasteiger partial charge on any atom is 0.258 e. The average Bonchev–Trinajstić information content (AvgIpc) is 3.13. The van der Waals surface area contributed by atoms with Crippen molar-refractivity contribution in [3.63, 3.8) is 0 Å². The molecule has 0 radical (unpaired) electrons. The minimum Gasteiger partial charge on any atom is -0.484 e. The minimum absolute atomic E-state index is 0.0153. The smallest absolute Gasteiger partial charge is 0.258 e. The number of hydrogen-bond donors (Lipinski definition) is 1. The topological polar surface area (TPSA) is 56.1 Å². The second kappa shape index (κ2) is 7.97. The molecule has 5 heteroatoms. The Bertz CT molecular complexity index is 753. The van der Waals surface area contributed by atoms with Gasteiger partial charge in [-0.1, -0.05) is 42.5 Å². The second-order valence-electron chi connectivity index (χ2n) is 5.40. The van der Waals surface area contributed by atoms with Crippen LogP contribution in [0.15, 0.2) is 73.1 Å². The molecule has 0 atom stereocenters. The molecule has 0 saturated carbocycles. The van der Waals surface area contributed by atoms with Gasteiger partial charge in [-0.25, -0.2) is 0 Å². The Kier molecular flexibility index (Phi) is 5.24. The first-order valence-corrected chi connectivity index (χ1v) is 7.79. The zero-order chi connectivity index (χ0) is 16.6. The van der Waals surface area contributed by atoms with Gasteiger partial charge < -0.3 is 10.1 Å². The number of hydrogen-bond acceptors (Lipinski definition) is 3. The number of ether oxygens (including phenoxy) is 1. The van der Waals surface area contributed by atoms with Gasteiger partial charge in [-0.05, 0) is 29.3 Å². The summed E-state index contributed by atoms with van der Waals surface area (Å²) < 4.78 is 7.29. The van der Waals surface area contributed by atoms with Crippen LogP contribution in [-0.4, -0.2) is 22.3 Å². The normalized spacial score (nSPS) is 10.3. The molecule has 0 fully saturated rings. The lowest BCUT2D eigenvalue weighted by Gasteiger charge is -2.08. The van der Waals surface area contributed by atoms with Gasteiger partial charge in [0.2, 0.25) is 0 Å². The number of aromatic nitrogens is 2. The van der Waals surface area contributed by atoms with Crippen LogP contribution in [0.1, 0.15) is 11.1 Å². The maximum absolute atomic E-state index is 11.8. The van der Waals surface area contributed by atoms with Gasteiger partial charge in [0.15, 0.2) is 6.61 Å². The van der Waals surface area contributed by atoms with E-state index in [0.717, 1.165) is 12.1 Å². The Morgan fingerprint density at radius 3 is 2.46 bits per heavy atom. The number of nitrogens with zero attached hydrogens (tertiary/aromatic N) is 2. The minimum atomic E-state index is -0.139. The van der Waals surface area contributed by atoms with Crippen molar-refractivity contribution in [1.29, 1.82) is 0 Å². The Morgan fingerprint density at radius 2 is 1.75 bits per heavy atom. The van der Waals surface area contributed by atoms with Gasteiger partial charge in [0.25, 0.3) is 5.91 Å². The molecule has 0 aliphatic heterocycles. The van der Waals surface area contributed by atoms with Crippen molar-refractivity contribution in [2.75, 3.05) is 6.61 Å². The Balaban J connectivity index is 1.43. The van der Waals surface area contributed by atoms with Crippen LogP contribution in [0.2, 0.25) is 0 Å². The van der Waals surface area contributed by atoms with E-state index in [2.05, 4.69) is 10.4 Å². The Hall–Kier alpha value is -3.08. The fraction of sp³-hybridized carbons (Fsp3) is 0.158. The van der Waals surface area contributed by atoms with E-state index in [-0.39, 0.29) is 12.5 Å². The monoisotopic (exact) mass is 321 g/mol. The van der Waals surface area contributed by atoms with Crippen molar-refractivity contribution >= 4 is 5.91 Å². The van der Waals surface area contributed by atoms with Crippen LogP contribution in [0.25, 0.3) is 0 Å². The molecule has 0 bridgehead atoms. The molecular weight excluding hydrogens is 302 g/mol. The summed E-state index contributed by atoms with van der Waals surface area (Å²) in [4.78, 5) is 11.8. The third kappa shape index (κ3) is 4.71.